The van der Waals surface area contributed by atoms with E-state index in [0.29, 0.717) is 16.4 Å². The van der Waals surface area contributed by atoms with Gasteiger partial charge in [0, 0.05) is 11.9 Å². The number of carbonyl (C=O) groups is 1. The first-order valence-electron chi connectivity index (χ1n) is 9.41. The van der Waals surface area contributed by atoms with Crippen LogP contribution < -0.4 is 11.1 Å². The number of aryl methyl sites for hydroxylation is 1. The molecule has 2 heterocycles. The highest BCUT2D eigenvalue weighted by Crippen LogP contribution is 2.46. The summed E-state index contributed by atoms with van der Waals surface area (Å²) < 4.78 is 34.5. The normalized spacial score (nSPS) is 13.7. The summed E-state index contributed by atoms with van der Waals surface area (Å²) >= 11 is 1.22. The fourth-order valence-corrected chi connectivity index (χ4v) is 4.47. The van der Waals surface area contributed by atoms with Crippen molar-refractivity contribution in [1.82, 2.24) is 4.57 Å². The third-order valence-corrected chi connectivity index (χ3v) is 6.39. The zero-order valence-corrected chi connectivity index (χ0v) is 16.7. The minimum absolute atomic E-state index is 0.323. The number of nitrogens with one attached hydrogen (secondary N) is 1. The SMILES string of the molecule is Cn1c(=O)oc2cc(-c3ccc(C(=O)Nc4c(F)cccc4F)s3)c(C3CC3)cc21. The van der Waals surface area contributed by atoms with Gasteiger partial charge in [-0.3, -0.25) is 9.36 Å². The quantitative estimate of drug-likeness (QED) is 0.484. The number of rotatable bonds is 4. The number of para-hydroxylation sites is 1. The second-order valence-electron chi connectivity index (χ2n) is 7.32. The summed E-state index contributed by atoms with van der Waals surface area (Å²) in [4.78, 5) is 25.6. The number of benzene rings is 2. The van der Waals surface area contributed by atoms with Crippen molar-refractivity contribution in [3.63, 3.8) is 0 Å². The number of halogens is 2. The molecule has 8 heteroatoms. The van der Waals surface area contributed by atoms with Crippen molar-refractivity contribution in [2.45, 2.75) is 18.8 Å². The first kappa shape index (κ1) is 18.7. The zero-order valence-electron chi connectivity index (χ0n) is 15.9. The van der Waals surface area contributed by atoms with Gasteiger partial charge in [0.05, 0.1) is 10.4 Å². The van der Waals surface area contributed by atoms with Gasteiger partial charge in [-0.05, 0) is 66.3 Å². The number of amides is 1. The maximum Gasteiger partial charge on any atom is 0.419 e. The molecule has 1 amide bonds. The number of hydrogen-bond acceptors (Lipinski definition) is 4. The Hall–Kier alpha value is -3.26. The number of thiophene rings is 1. The average Bonchev–Trinajstić information content (AvgIpc) is 3.38. The summed E-state index contributed by atoms with van der Waals surface area (Å²) in [6.07, 6.45) is 2.13. The van der Waals surface area contributed by atoms with Crippen LogP contribution in [-0.4, -0.2) is 10.5 Å². The summed E-state index contributed by atoms with van der Waals surface area (Å²) in [6, 6.07) is 10.6. The van der Waals surface area contributed by atoms with Crippen molar-refractivity contribution in [3.05, 3.63) is 75.1 Å². The van der Waals surface area contributed by atoms with Gasteiger partial charge in [0.2, 0.25) is 0 Å². The Morgan fingerprint density at radius 3 is 2.60 bits per heavy atom. The average molecular weight is 426 g/mol. The van der Waals surface area contributed by atoms with Crippen LogP contribution >= 0.6 is 11.3 Å². The summed E-state index contributed by atoms with van der Waals surface area (Å²) in [6.45, 7) is 0. The second-order valence-corrected chi connectivity index (χ2v) is 8.41. The topological polar surface area (TPSA) is 64.2 Å². The Morgan fingerprint density at radius 1 is 1.17 bits per heavy atom. The number of aromatic nitrogens is 1. The molecule has 1 aliphatic rings. The first-order valence-corrected chi connectivity index (χ1v) is 10.2. The highest BCUT2D eigenvalue weighted by Gasteiger charge is 2.28. The van der Waals surface area contributed by atoms with Crippen LogP contribution in [0.15, 0.2) is 51.7 Å². The highest BCUT2D eigenvalue weighted by molar-refractivity contribution is 7.17. The van der Waals surface area contributed by atoms with Gasteiger partial charge < -0.3 is 9.73 Å². The van der Waals surface area contributed by atoms with Gasteiger partial charge in [0.1, 0.15) is 17.3 Å². The molecule has 1 aliphatic carbocycles. The second kappa shape index (κ2) is 6.91. The summed E-state index contributed by atoms with van der Waals surface area (Å²) in [5.41, 5.74) is 2.75. The van der Waals surface area contributed by atoms with Gasteiger partial charge in [-0.2, -0.15) is 0 Å². The lowest BCUT2D eigenvalue weighted by Gasteiger charge is -2.08. The molecule has 2 aromatic heterocycles. The van der Waals surface area contributed by atoms with Crippen LogP contribution in [0.2, 0.25) is 0 Å². The number of nitrogens with zero attached hydrogens (tertiary/aromatic N) is 1. The van der Waals surface area contributed by atoms with E-state index in [9.17, 15) is 18.4 Å². The van der Waals surface area contributed by atoms with Crippen LogP contribution in [0.3, 0.4) is 0 Å². The molecule has 1 fully saturated rings. The molecule has 1 saturated carbocycles. The summed E-state index contributed by atoms with van der Waals surface area (Å²) in [5.74, 6) is -2.28. The van der Waals surface area contributed by atoms with Crippen LogP contribution in [-0.2, 0) is 7.05 Å². The third-order valence-electron chi connectivity index (χ3n) is 5.28. The molecule has 0 aliphatic heterocycles. The van der Waals surface area contributed by atoms with E-state index in [0.717, 1.165) is 46.5 Å². The molecule has 0 spiro atoms. The van der Waals surface area contributed by atoms with Crippen molar-refractivity contribution in [3.8, 4) is 10.4 Å². The van der Waals surface area contributed by atoms with Crippen LogP contribution in [0, 0.1) is 11.6 Å². The molecule has 2 aromatic carbocycles. The first-order chi connectivity index (χ1) is 14.4. The molecule has 0 unspecified atom stereocenters. The standard InChI is InChI=1S/C22H16F2N2O3S/c1-26-16-9-12(11-5-6-11)13(10-17(16)29-22(26)28)18-7-8-19(30-18)21(27)25-20-14(23)3-2-4-15(20)24/h2-4,7-11H,5-6H2,1H3,(H,25,27). The molecule has 5 nitrogen and oxygen atoms in total. The minimum Gasteiger partial charge on any atom is -0.408 e. The largest absolute Gasteiger partial charge is 0.419 e. The zero-order chi connectivity index (χ0) is 21.0. The van der Waals surface area contributed by atoms with E-state index in [4.69, 9.17) is 4.42 Å². The fourth-order valence-electron chi connectivity index (χ4n) is 3.53. The molecule has 1 N–H and O–H groups in total. The Balaban J connectivity index is 1.52. The predicted octanol–water partition coefficient (Wildman–Crippen LogP) is 5.27. The number of oxazole rings is 1. The highest BCUT2D eigenvalue weighted by atomic mass is 32.1. The van der Waals surface area contributed by atoms with Gasteiger partial charge >= 0.3 is 5.76 Å². The van der Waals surface area contributed by atoms with Crippen LogP contribution in [0.5, 0.6) is 0 Å². The van der Waals surface area contributed by atoms with Crippen molar-refractivity contribution >= 4 is 34.0 Å². The van der Waals surface area contributed by atoms with E-state index in [1.54, 1.807) is 19.2 Å². The molecule has 30 heavy (non-hydrogen) atoms. The molecule has 0 radical (unpaired) electrons. The van der Waals surface area contributed by atoms with Crippen LogP contribution in [0.4, 0.5) is 14.5 Å². The Labute approximate surface area is 173 Å². The molecule has 5 rings (SSSR count). The summed E-state index contributed by atoms with van der Waals surface area (Å²) in [7, 11) is 1.67. The third kappa shape index (κ3) is 3.13. The lowest BCUT2D eigenvalue weighted by Crippen LogP contribution is -2.12. The number of anilines is 1. The lowest BCUT2D eigenvalue weighted by atomic mass is 10.0. The molecule has 4 aromatic rings. The number of carbonyl (C=O) groups excluding carboxylic acids is 1. The lowest BCUT2D eigenvalue weighted by molar-refractivity contribution is 0.102. The Bertz CT molecular complexity index is 1340. The number of hydrogen-bond donors (Lipinski definition) is 1. The molecular formula is C22H16F2N2O3S. The van der Waals surface area contributed by atoms with Gasteiger partial charge in [-0.15, -0.1) is 11.3 Å². The van der Waals surface area contributed by atoms with Crippen LogP contribution in [0.1, 0.15) is 34.0 Å². The smallest absolute Gasteiger partial charge is 0.408 e. The molecular weight excluding hydrogens is 410 g/mol. The fraction of sp³-hybridized carbons (Fsp3) is 0.182. The van der Waals surface area contributed by atoms with Gasteiger partial charge in [0.15, 0.2) is 5.58 Å². The summed E-state index contributed by atoms with van der Waals surface area (Å²) in [5, 5.41) is 2.31. The van der Waals surface area contributed by atoms with Gasteiger partial charge in [-0.25, -0.2) is 13.6 Å². The van der Waals surface area contributed by atoms with E-state index >= 15 is 0 Å². The molecule has 0 saturated heterocycles. The van der Waals surface area contributed by atoms with Crippen molar-refractivity contribution in [2.24, 2.45) is 7.05 Å². The van der Waals surface area contributed by atoms with E-state index in [1.165, 1.54) is 22.0 Å². The van der Waals surface area contributed by atoms with E-state index in [2.05, 4.69) is 5.32 Å². The van der Waals surface area contributed by atoms with E-state index in [-0.39, 0.29) is 0 Å². The van der Waals surface area contributed by atoms with Gasteiger partial charge in [0.25, 0.3) is 5.91 Å². The number of fused-ring (bicyclic) bond motifs is 1. The van der Waals surface area contributed by atoms with Crippen molar-refractivity contribution in [2.75, 3.05) is 5.32 Å². The Kier molecular flexibility index (Phi) is 4.32. The maximum absolute atomic E-state index is 13.8. The van der Waals surface area contributed by atoms with Gasteiger partial charge in [-0.1, -0.05) is 6.07 Å². The monoisotopic (exact) mass is 426 g/mol. The van der Waals surface area contributed by atoms with E-state index in [1.807, 2.05) is 12.1 Å². The predicted molar refractivity (Wildman–Crippen MR) is 111 cm³/mol. The van der Waals surface area contributed by atoms with Crippen molar-refractivity contribution in [1.29, 1.82) is 0 Å². The van der Waals surface area contributed by atoms with Crippen LogP contribution in [0.25, 0.3) is 21.5 Å². The molecule has 0 atom stereocenters. The molecule has 0 bridgehead atoms. The Morgan fingerprint density at radius 2 is 1.90 bits per heavy atom. The maximum atomic E-state index is 13.8. The van der Waals surface area contributed by atoms with Crippen molar-refractivity contribution < 1.29 is 18.0 Å². The van der Waals surface area contributed by atoms with E-state index < -0.39 is 29.0 Å². The molecule has 152 valence electrons. The minimum atomic E-state index is -0.833.